The summed E-state index contributed by atoms with van der Waals surface area (Å²) in [6.07, 6.45) is 2.00. The number of hydrogen-bond acceptors (Lipinski definition) is 3. The van der Waals surface area contributed by atoms with E-state index in [1.54, 1.807) is 4.90 Å². The molecule has 1 aliphatic heterocycles. The number of ether oxygens (including phenoxy) is 1. The number of amides is 2. The molecule has 1 unspecified atom stereocenters. The van der Waals surface area contributed by atoms with Crippen LogP contribution in [-0.4, -0.2) is 48.4 Å². The molecular weight excluding hydrogens is 304 g/mol. The minimum atomic E-state index is -0.388. The van der Waals surface area contributed by atoms with Crippen molar-refractivity contribution in [1.29, 1.82) is 0 Å². The molecule has 0 bridgehead atoms. The van der Waals surface area contributed by atoms with E-state index in [2.05, 4.69) is 17.4 Å². The maximum Gasteiger partial charge on any atom is 0.317 e. The minimum absolute atomic E-state index is 0.0977. The van der Waals surface area contributed by atoms with Crippen LogP contribution in [0.4, 0.5) is 4.79 Å². The molecule has 0 aromatic heterocycles. The fraction of sp³-hybridized carbons (Fsp3) is 0.421. The maximum atomic E-state index is 12.0. The average molecular weight is 328 g/mol. The Bertz CT molecular complexity index is 689. The monoisotopic (exact) mass is 328 g/mol. The van der Waals surface area contributed by atoms with Crippen LogP contribution in [0.1, 0.15) is 19.3 Å². The van der Waals surface area contributed by atoms with Gasteiger partial charge in [0.2, 0.25) is 0 Å². The molecule has 2 amide bonds. The topological polar surface area (TPSA) is 61.8 Å². The second kappa shape index (κ2) is 8.02. The van der Waals surface area contributed by atoms with Crippen LogP contribution in [-0.2, 0) is 0 Å². The lowest BCUT2D eigenvalue weighted by Gasteiger charge is -2.30. The zero-order valence-electron chi connectivity index (χ0n) is 13.8. The summed E-state index contributed by atoms with van der Waals surface area (Å²) in [6.45, 7) is 2.27. The lowest BCUT2D eigenvalue weighted by atomic mass is 10.1. The van der Waals surface area contributed by atoms with Gasteiger partial charge in [0.25, 0.3) is 0 Å². The Balaban J connectivity index is 1.38. The van der Waals surface area contributed by atoms with Crippen molar-refractivity contribution in [3.8, 4) is 5.75 Å². The predicted octanol–water partition coefficient (Wildman–Crippen LogP) is 2.78. The third-order valence-corrected chi connectivity index (χ3v) is 4.27. The molecule has 1 atom stereocenters. The van der Waals surface area contributed by atoms with Crippen LogP contribution in [0.15, 0.2) is 42.5 Å². The quantitative estimate of drug-likeness (QED) is 0.830. The Morgan fingerprint density at radius 2 is 2.08 bits per heavy atom. The molecule has 24 heavy (non-hydrogen) atoms. The lowest BCUT2D eigenvalue weighted by Crippen LogP contribution is -2.47. The Morgan fingerprint density at radius 1 is 1.25 bits per heavy atom. The van der Waals surface area contributed by atoms with Crippen molar-refractivity contribution in [2.45, 2.75) is 25.4 Å². The smallest absolute Gasteiger partial charge is 0.317 e. The summed E-state index contributed by atoms with van der Waals surface area (Å²) in [7, 11) is 0. The van der Waals surface area contributed by atoms with E-state index in [1.807, 2.05) is 30.3 Å². The number of rotatable bonds is 5. The van der Waals surface area contributed by atoms with Crippen molar-refractivity contribution < 1.29 is 14.6 Å². The molecule has 128 valence electrons. The van der Waals surface area contributed by atoms with Crippen LogP contribution in [0.5, 0.6) is 5.75 Å². The Morgan fingerprint density at radius 3 is 2.92 bits per heavy atom. The van der Waals surface area contributed by atoms with Gasteiger partial charge in [0, 0.05) is 19.6 Å². The van der Waals surface area contributed by atoms with Crippen molar-refractivity contribution >= 4 is 16.8 Å². The molecule has 1 fully saturated rings. The van der Waals surface area contributed by atoms with E-state index in [-0.39, 0.29) is 12.1 Å². The molecule has 1 saturated heterocycles. The zero-order chi connectivity index (χ0) is 16.8. The van der Waals surface area contributed by atoms with Gasteiger partial charge in [-0.05, 0) is 42.2 Å². The number of aliphatic hydroxyl groups excluding tert-OH is 1. The lowest BCUT2D eigenvalue weighted by molar-refractivity contribution is 0.0842. The minimum Gasteiger partial charge on any atom is -0.494 e. The van der Waals surface area contributed by atoms with Crippen LogP contribution >= 0.6 is 0 Å². The normalized spacial score (nSPS) is 17.7. The van der Waals surface area contributed by atoms with E-state index in [4.69, 9.17) is 4.74 Å². The zero-order valence-corrected chi connectivity index (χ0v) is 13.8. The molecule has 3 rings (SSSR count). The van der Waals surface area contributed by atoms with Crippen LogP contribution < -0.4 is 10.1 Å². The number of nitrogens with one attached hydrogen (secondary N) is 1. The first-order chi connectivity index (χ1) is 11.7. The van der Waals surface area contributed by atoms with Gasteiger partial charge in [-0.2, -0.15) is 0 Å². The van der Waals surface area contributed by atoms with Crippen LogP contribution in [0.2, 0.25) is 0 Å². The van der Waals surface area contributed by atoms with E-state index in [0.717, 1.165) is 36.9 Å². The highest BCUT2D eigenvalue weighted by molar-refractivity contribution is 5.83. The third kappa shape index (κ3) is 4.38. The van der Waals surface area contributed by atoms with Crippen molar-refractivity contribution in [2.75, 3.05) is 26.2 Å². The largest absolute Gasteiger partial charge is 0.494 e. The van der Waals surface area contributed by atoms with Crippen LogP contribution in [0, 0.1) is 0 Å². The highest BCUT2D eigenvalue weighted by Crippen LogP contribution is 2.20. The van der Waals surface area contributed by atoms with Crippen molar-refractivity contribution in [2.24, 2.45) is 0 Å². The number of carbonyl (C=O) groups excluding carboxylic acids is 1. The van der Waals surface area contributed by atoms with Gasteiger partial charge >= 0.3 is 6.03 Å². The van der Waals surface area contributed by atoms with Crippen LogP contribution in [0.25, 0.3) is 10.8 Å². The molecule has 0 radical (unpaired) electrons. The van der Waals surface area contributed by atoms with Gasteiger partial charge < -0.3 is 20.1 Å². The number of nitrogens with zero attached hydrogens (tertiary/aromatic N) is 1. The van der Waals surface area contributed by atoms with Crippen molar-refractivity contribution in [3.05, 3.63) is 42.5 Å². The number of likely N-dealkylation sites (tertiary alicyclic amines) is 1. The van der Waals surface area contributed by atoms with E-state index in [9.17, 15) is 9.90 Å². The number of β-amino-alcohol motifs (C(OH)–C–C–N with tert-alkyl or cyclic N) is 1. The van der Waals surface area contributed by atoms with Gasteiger partial charge in [-0.3, -0.25) is 0 Å². The molecule has 2 aromatic rings. The Labute approximate surface area is 142 Å². The number of benzene rings is 2. The van der Waals surface area contributed by atoms with Gasteiger partial charge in [0.05, 0.1) is 12.7 Å². The molecule has 0 saturated carbocycles. The first-order valence-electron chi connectivity index (χ1n) is 8.55. The van der Waals surface area contributed by atoms with E-state index in [0.29, 0.717) is 19.7 Å². The molecule has 1 aliphatic rings. The molecule has 0 aliphatic carbocycles. The van der Waals surface area contributed by atoms with E-state index in [1.165, 1.54) is 5.39 Å². The summed E-state index contributed by atoms with van der Waals surface area (Å²) >= 11 is 0. The van der Waals surface area contributed by atoms with Gasteiger partial charge in [-0.25, -0.2) is 4.79 Å². The van der Waals surface area contributed by atoms with Crippen molar-refractivity contribution in [3.63, 3.8) is 0 Å². The SMILES string of the molecule is O=C(NCCCOc1ccc2ccccc2c1)N1CCCC(O)C1. The summed E-state index contributed by atoms with van der Waals surface area (Å²) in [4.78, 5) is 13.7. The number of carbonyl (C=O) groups is 1. The molecular formula is C19H24N2O3. The summed E-state index contributed by atoms with van der Waals surface area (Å²) in [5, 5.41) is 14.8. The van der Waals surface area contributed by atoms with Gasteiger partial charge in [-0.15, -0.1) is 0 Å². The molecule has 1 heterocycles. The van der Waals surface area contributed by atoms with Gasteiger partial charge in [0.1, 0.15) is 5.75 Å². The fourth-order valence-electron chi connectivity index (χ4n) is 2.97. The summed E-state index contributed by atoms with van der Waals surface area (Å²) in [6, 6.07) is 14.1. The standard InChI is InChI=1S/C19H24N2O3/c22-17-7-3-11-21(14-17)19(23)20-10-4-12-24-18-9-8-15-5-1-2-6-16(15)13-18/h1-2,5-6,8-9,13,17,22H,3-4,7,10-12,14H2,(H,20,23). The first kappa shape index (κ1) is 16.6. The fourth-order valence-corrected chi connectivity index (χ4v) is 2.97. The number of piperidine rings is 1. The average Bonchev–Trinajstić information content (AvgIpc) is 2.61. The number of fused-ring (bicyclic) bond motifs is 1. The highest BCUT2D eigenvalue weighted by Gasteiger charge is 2.21. The molecule has 5 nitrogen and oxygen atoms in total. The van der Waals surface area contributed by atoms with Crippen molar-refractivity contribution in [1.82, 2.24) is 10.2 Å². The number of urea groups is 1. The predicted molar refractivity (Wildman–Crippen MR) is 94.3 cm³/mol. The Kier molecular flexibility index (Phi) is 5.54. The Hall–Kier alpha value is -2.27. The summed E-state index contributed by atoms with van der Waals surface area (Å²) in [5.41, 5.74) is 0. The number of aliphatic hydroxyl groups is 1. The summed E-state index contributed by atoms with van der Waals surface area (Å²) in [5.74, 6) is 0.846. The highest BCUT2D eigenvalue weighted by atomic mass is 16.5. The number of hydrogen-bond donors (Lipinski definition) is 2. The first-order valence-corrected chi connectivity index (χ1v) is 8.55. The summed E-state index contributed by atoms with van der Waals surface area (Å²) < 4.78 is 5.75. The molecule has 5 heteroatoms. The van der Waals surface area contributed by atoms with Gasteiger partial charge in [-0.1, -0.05) is 30.3 Å². The van der Waals surface area contributed by atoms with E-state index < -0.39 is 0 Å². The molecule has 2 aromatic carbocycles. The second-order valence-electron chi connectivity index (χ2n) is 6.18. The van der Waals surface area contributed by atoms with Gasteiger partial charge in [0.15, 0.2) is 0 Å². The third-order valence-electron chi connectivity index (χ3n) is 4.27. The van der Waals surface area contributed by atoms with E-state index >= 15 is 0 Å². The molecule has 2 N–H and O–H groups in total. The maximum absolute atomic E-state index is 12.0. The molecule has 0 spiro atoms. The second-order valence-corrected chi connectivity index (χ2v) is 6.18. The van der Waals surface area contributed by atoms with Crippen LogP contribution in [0.3, 0.4) is 0 Å².